The fourth-order valence-corrected chi connectivity index (χ4v) is 2.93. The minimum absolute atomic E-state index is 0.0685. The van der Waals surface area contributed by atoms with Gasteiger partial charge in [0.1, 0.15) is 0 Å². The van der Waals surface area contributed by atoms with E-state index in [1.165, 1.54) is 30.0 Å². The highest BCUT2D eigenvalue weighted by Crippen LogP contribution is 2.30. The third-order valence-electron chi connectivity index (χ3n) is 2.74. The molecule has 0 spiro atoms. The summed E-state index contributed by atoms with van der Waals surface area (Å²) in [6.45, 7) is 0. The highest BCUT2D eigenvalue weighted by atomic mass is 79.9. The number of carboxylic acids is 1. The lowest BCUT2D eigenvalue weighted by molar-refractivity contribution is -0.385. The number of nitro groups is 1. The average Bonchev–Trinajstić information content (AvgIpc) is 2.46. The van der Waals surface area contributed by atoms with Crippen molar-refractivity contribution >= 4 is 39.3 Å². The molecule has 0 saturated carbocycles. The van der Waals surface area contributed by atoms with Crippen LogP contribution in [0, 0.1) is 10.1 Å². The van der Waals surface area contributed by atoms with Crippen molar-refractivity contribution in [2.24, 2.45) is 0 Å². The van der Waals surface area contributed by atoms with E-state index in [1.807, 2.05) is 0 Å². The summed E-state index contributed by atoms with van der Waals surface area (Å²) >= 11 is 4.63. The van der Waals surface area contributed by atoms with Crippen LogP contribution in [0.2, 0.25) is 0 Å². The van der Waals surface area contributed by atoms with E-state index < -0.39 is 10.9 Å². The lowest BCUT2D eigenvalue weighted by Gasteiger charge is -2.04. The first kappa shape index (κ1) is 15.5. The Bertz CT molecular complexity index is 688. The molecule has 2 aromatic carbocycles. The van der Waals surface area contributed by atoms with Gasteiger partial charge in [-0.15, -0.1) is 11.8 Å². The molecular weight excluding hydrogens is 358 g/mol. The van der Waals surface area contributed by atoms with E-state index in [4.69, 9.17) is 5.11 Å². The van der Waals surface area contributed by atoms with E-state index in [9.17, 15) is 14.9 Å². The molecule has 0 bridgehead atoms. The Morgan fingerprint density at radius 3 is 2.48 bits per heavy atom. The first-order valence-corrected chi connectivity index (χ1v) is 7.64. The maximum absolute atomic E-state index is 11.0. The molecule has 21 heavy (non-hydrogen) atoms. The topological polar surface area (TPSA) is 80.4 Å². The van der Waals surface area contributed by atoms with Crippen LogP contribution in [-0.2, 0) is 5.75 Å². The summed E-state index contributed by atoms with van der Waals surface area (Å²) in [6.07, 6.45) is 0. The maximum Gasteiger partial charge on any atom is 0.335 e. The van der Waals surface area contributed by atoms with Crippen molar-refractivity contribution in [3.05, 3.63) is 68.2 Å². The summed E-state index contributed by atoms with van der Waals surface area (Å²) in [5.74, 6) is -0.536. The normalized spacial score (nSPS) is 10.3. The molecule has 7 heteroatoms. The summed E-state index contributed by atoms with van der Waals surface area (Å²) in [6, 6.07) is 11.4. The Balaban J connectivity index is 2.13. The highest BCUT2D eigenvalue weighted by molar-refractivity contribution is 9.10. The van der Waals surface area contributed by atoms with Gasteiger partial charge in [0, 0.05) is 26.8 Å². The van der Waals surface area contributed by atoms with Gasteiger partial charge in [0.15, 0.2) is 0 Å². The van der Waals surface area contributed by atoms with Crippen molar-refractivity contribution in [3.63, 3.8) is 0 Å². The van der Waals surface area contributed by atoms with Gasteiger partial charge in [-0.25, -0.2) is 4.79 Å². The van der Waals surface area contributed by atoms with Crippen molar-refractivity contribution in [1.29, 1.82) is 0 Å². The molecule has 0 heterocycles. The van der Waals surface area contributed by atoms with E-state index in [1.54, 1.807) is 24.3 Å². The van der Waals surface area contributed by atoms with Gasteiger partial charge in [-0.1, -0.05) is 22.0 Å². The predicted octanol–water partition coefficient (Wildman–Crippen LogP) is 4.35. The van der Waals surface area contributed by atoms with Crippen molar-refractivity contribution in [3.8, 4) is 0 Å². The number of aromatic carboxylic acids is 1. The van der Waals surface area contributed by atoms with E-state index >= 15 is 0 Å². The van der Waals surface area contributed by atoms with E-state index in [2.05, 4.69) is 15.9 Å². The maximum atomic E-state index is 11.0. The number of hydrogen-bond donors (Lipinski definition) is 1. The van der Waals surface area contributed by atoms with Crippen LogP contribution < -0.4 is 0 Å². The lowest BCUT2D eigenvalue weighted by Crippen LogP contribution is -1.95. The number of carbonyl (C=O) groups is 1. The lowest BCUT2D eigenvalue weighted by atomic mass is 10.2. The summed E-state index contributed by atoms with van der Waals surface area (Å²) in [5, 5.41) is 19.8. The van der Waals surface area contributed by atoms with E-state index in [0.717, 1.165) is 4.90 Å². The van der Waals surface area contributed by atoms with Crippen LogP contribution in [0.25, 0.3) is 0 Å². The Morgan fingerprint density at radius 1 is 1.24 bits per heavy atom. The number of nitro benzene ring substituents is 1. The molecule has 0 saturated heterocycles. The molecule has 0 radical (unpaired) electrons. The smallest absolute Gasteiger partial charge is 0.335 e. The second kappa shape index (κ2) is 6.73. The minimum atomic E-state index is -0.977. The third-order valence-corrected chi connectivity index (χ3v) is 4.29. The van der Waals surface area contributed by atoms with Crippen LogP contribution in [0.4, 0.5) is 5.69 Å². The quantitative estimate of drug-likeness (QED) is 0.482. The number of rotatable bonds is 5. The molecule has 1 N–H and O–H groups in total. The van der Waals surface area contributed by atoms with Gasteiger partial charge in [-0.2, -0.15) is 0 Å². The van der Waals surface area contributed by atoms with Gasteiger partial charge in [0.2, 0.25) is 0 Å². The predicted molar refractivity (Wildman–Crippen MR) is 83.8 cm³/mol. The zero-order chi connectivity index (χ0) is 15.4. The molecule has 0 fully saturated rings. The van der Waals surface area contributed by atoms with Gasteiger partial charge in [0.25, 0.3) is 5.69 Å². The number of nitrogens with zero attached hydrogens (tertiary/aromatic N) is 1. The number of halogens is 1. The molecule has 0 aliphatic rings. The second-order valence-electron chi connectivity index (χ2n) is 4.15. The van der Waals surface area contributed by atoms with E-state index in [0.29, 0.717) is 15.8 Å². The van der Waals surface area contributed by atoms with Crippen LogP contribution in [0.5, 0.6) is 0 Å². The fraction of sp³-hybridized carbons (Fsp3) is 0.0714. The van der Waals surface area contributed by atoms with Crippen LogP contribution >= 0.6 is 27.7 Å². The van der Waals surface area contributed by atoms with Gasteiger partial charge >= 0.3 is 5.97 Å². The highest BCUT2D eigenvalue weighted by Gasteiger charge is 2.14. The summed E-state index contributed by atoms with van der Waals surface area (Å²) in [4.78, 5) is 22.2. The molecule has 0 unspecified atom stereocenters. The Hall–Kier alpha value is -1.86. The van der Waals surface area contributed by atoms with Gasteiger partial charge in [-0.05, 0) is 30.3 Å². The number of hydrogen-bond acceptors (Lipinski definition) is 4. The third kappa shape index (κ3) is 4.05. The molecule has 108 valence electrons. The van der Waals surface area contributed by atoms with Crippen molar-refractivity contribution < 1.29 is 14.8 Å². The monoisotopic (exact) mass is 367 g/mol. The van der Waals surface area contributed by atoms with Crippen molar-refractivity contribution in [2.45, 2.75) is 10.6 Å². The molecule has 5 nitrogen and oxygen atoms in total. The number of carboxylic acid groups (broad SMARTS) is 1. The van der Waals surface area contributed by atoms with Crippen molar-refractivity contribution in [2.75, 3.05) is 0 Å². The summed E-state index contributed by atoms with van der Waals surface area (Å²) in [7, 11) is 0. The Labute approximate surface area is 133 Å². The first-order valence-electron chi connectivity index (χ1n) is 5.86. The zero-order valence-corrected chi connectivity index (χ0v) is 13.1. The van der Waals surface area contributed by atoms with Gasteiger partial charge in [-0.3, -0.25) is 10.1 Å². The molecular formula is C14H10BrNO4S. The molecule has 0 aliphatic heterocycles. The zero-order valence-electron chi connectivity index (χ0n) is 10.7. The number of thioether (sulfide) groups is 1. The molecule has 0 aliphatic carbocycles. The van der Waals surface area contributed by atoms with Crippen LogP contribution in [0.15, 0.2) is 51.8 Å². The number of benzene rings is 2. The summed E-state index contributed by atoms with van der Waals surface area (Å²) < 4.78 is 0.661. The Morgan fingerprint density at radius 2 is 1.90 bits per heavy atom. The van der Waals surface area contributed by atoms with Gasteiger partial charge in [0.05, 0.1) is 10.5 Å². The van der Waals surface area contributed by atoms with Gasteiger partial charge < -0.3 is 5.11 Å². The summed E-state index contributed by atoms with van der Waals surface area (Å²) in [5.41, 5.74) is 0.906. The standard InChI is InChI=1S/C14H10BrNO4S/c15-11-4-1-10(13(7-11)16(19)20)8-21-12-5-2-9(3-6-12)14(17)18/h1-7H,8H2,(H,17,18). The molecule has 0 amide bonds. The largest absolute Gasteiger partial charge is 0.478 e. The average molecular weight is 368 g/mol. The SMILES string of the molecule is O=C(O)c1ccc(SCc2ccc(Br)cc2[N+](=O)[O-])cc1. The Kier molecular flexibility index (Phi) is 4.98. The van der Waals surface area contributed by atoms with E-state index in [-0.39, 0.29) is 11.3 Å². The van der Waals surface area contributed by atoms with Crippen LogP contribution in [0.3, 0.4) is 0 Å². The minimum Gasteiger partial charge on any atom is -0.478 e. The molecule has 2 rings (SSSR count). The first-order chi connectivity index (χ1) is 9.97. The van der Waals surface area contributed by atoms with Crippen LogP contribution in [-0.4, -0.2) is 16.0 Å². The van der Waals surface area contributed by atoms with Crippen molar-refractivity contribution in [1.82, 2.24) is 0 Å². The molecule has 2 aromatic rings. The molecule has 0 atom stereocenters. The van der Waals surface area contributed by atoms with Crippen LogP contribution in [0.1, 0.15) is 15.9 Å². The molecule has 0 aromatic heterocycles. The second-order valence-corrected chi connectivity index (χ2v) is 6.11. The fourth-order valence-electron chi connectivity index (χ4n) is 1.68.